The van der Waals surface area contributed by atoms with Crippen LogP contribution in [0.15, 0.2) is 54.6 Å². The lowest BCUT2D eigenvalue weighted by molar-refractivity contribution is 0.108. The van der Waals surface area contributed by atoms with E-state index in [1.807, 2.05) is 12.1 Å². The number of piperazine rings is 1. The summed E-state index contributed by atoms with van der Waals surface area (Å²) in [7, 11) is 0. The van der Waals surface area contributed by atoms with E-state index in [1.165, 1.54) is 11.1 Å². The Balaban J connectivity index is 1.39. The minimum absolute atomic E-state index is 0.265. The lowest BCUT2D eigenvalue weighted by Crippen LogP contribution is -2.48. The highest BCUT2D eigenvalue weighted by Gasteiger charge is 2.26. The van der Waals surface area contributed by atoms with E-state index >= 15 is 0 Å². The van der Waals surface area contributed by atoms with Crippen molar-refractivity contribution in [3.63, 3.8) is 0 Å². The minimum Gasteiger partial charge on any atom is -0.301 e. The summed E-state index contributed by atoms with van der Waals surface area (Å²) in [6.07, 6.45) is 1.96. The third kappa shape index (κ3) is 4.76. The van der Waals surface area contributed by atoms with E-state index in [4.69, 9.17) is 11.6 Å². The van der Waals surface area contributed by atoms with Crippen LogP contribution in [0, 0.1) is 0 Å². The number of aromatic nitrogens is 4. The fourth-order valence-electron chi connectivity index (χ4n) is 3.89. The van der Waals surface area contributed by atoms with E-state index in [2.05, 4.69) is 72.9 Å². The molecule has 1 N–H and O–H groups in total. The van der Waals surface area contributed by atoms with Gasteiger partial charge in [-0.15, -0.1) is 5.10 Å². The molecule has 6 nitrogen and oxygen atoms in total. The summed E-state index contributed by atoms with van der Waals surface area (Å²) >= 11 is 6.12. The molecule has 1 atom stereocenters. The van der Waals surface area contributed by atoms with E-state index in [-0.39, 0.29) is 6.04 Å². The van der Waals surface area contributed by atoms with Gasteiger partial charge in [-0.3, -0.25) is 4.90 Å². The normalized spacial score (nSPS) is 16.9. The molecule has 1 fully saturated rings. The van der Waals surface area contributed by atoms with Gasteiger partial charge < -0.3 is 4.90 Å². The lowest BCUT2D eigenvalue weighted by atomic mass is 9.96. The van der Waals surface area contributed by atoms with Crippen LogP contribution in [0.2, 0.25) is 5.02 Å². The molecule has 2 aromatic carbocycles. The molecule has 2 heterocycles. The van der Waals surface area contributed by atoms with Gasteiger partial charge in [0.2, 0.25) is 0 Å². The fourth-order valence-corrected chi connectivity index (χ4v) is 4.02. The van der Waals surface area contributed by atoms with E-state index in [1.54, 1.807) is 0 Å². The first-order chi connectivity index (χ1) is 13.8. The molecule has 1 unspecified atom stereocenters. The first-order valence-electron chi connectivity index (χ1n) is 9.79. The Kier molecular flexibility index (Phi) is 6.31. The second kappa shape index (κ2) is 9.28. The SMILES string of the molecule is Clc1ccc(C(c2ccccc2)N2CCN(CCCc3nnn[nH]3)CC2)cc1. The summed E-state index contributed by atoms with van der Waals surface area (Å²) in [5, 5.41) is 14.8. The molecule has 1 aliphatic heterocycles. The predicted octanol–water partition coefficient (Wildman–Crippen LogP) is 3.19. The van der Waals surface area contributed by atoms with Crippen LogP contribution in [0.3, 0.4) is 0 Å². The van der Waals surface area contributed by atoms with Crippen LogP contribution in [0.5, 0.6) is 0 Å². The summed E-state index contributed by atoms with van der Waals surface area (Å²) in [6, 6.07) is 19.3. The number of hydrogen-bond acceptors (Lipinski definition) is 5. The monoisotopic (exact) mass is 396 g/mol. The van der Waals surface area contributed by atoms with Crippen LogP contribution in [0.4, 0.5) is 0 Å². The number of benzene rings is 2. The molecular formula is C21H25ClN6. The van der Waals surface area contributed by atoms with Crippen molar-refractivity contribution in [2.45, 2.75) is 18.9 Å². The summed E-state index contributed by atoms with van der Waals surface area (Å²) in [6.45, 7) is 5.32. The Morgan fingerprint density at radius 1 is 0.929 bits per heavy atom. The van der Waals surface area contributed by atoms with Crippen molar-refractivity contribution in [3.05, 3.63) is 76.6 Å². The van der Waals surface area contributed by atoms with E-state index < -0.39 is 0 Å². The van der Waals surface area contributed by atoms with Crippen LogP contribution in [0.1, 0.15) is 29.4 Å². The van der Waals surface area contributed by atoms with Gasteiger partial charge in [-0.25, -0.2) is 5.10 Å². The van der Waals surface area contributed by atoms with Gasteiger partial charge in [-0.2, -0.15) is 0 Å². The first-order valence-corrected chi connectivity index (χ1v) is 10.2. The van der Waals surface area contributed by atoms with E-state index in [0.29, 0.717) is 0 Å². The quantitative estimate of drug-likeness (QED) is 0.664. The van der Waals surface area contributed by atoms with Crippen molar-refractivity contribution in [1.29, 1.82) is 0 Å². The molecule has 0 saturated carbocycles. The number of nitrogens with zero attached hydrogens (tertiary/aromatic N) is 5. The molecule has 0 amide bonds. The zero-order chi connectivity index (χ0) is 19.2. The van der Waals surface area contributed by atoms with Crippen LogP contribution >= 0.6 is 11.6 Å². The van der Waals surface area contributed by atoms with Crippen molar-refractivity contribution in [1.82, 2.24) is 30.4 Å². The smallest absolute Gasteiger partial charge is 0.148 e. The molecule has 0 radical (unpaired) electrons. The molecule has 1 aromatic heterocycles. The van der Waals surface area contributed by atoms with Gasteiger partial charge in [0.05, 0.1) is 6.04 Å². The minimum atomic E-state index is 0.265. The van der Waals surface area contributed by atoms with Gasteiger partial charge in [0.15, 0.2) is 0 Å². The summed E-state index contributed by atoms with van der Waals surface area (Å²) in [4.78, 5) is 5.11. The Morgan fingerprint density at radius 3 is 2.32 bits per heavy atom. The third-order valence-electron chi connectivity index (χ3n) is 5.35. The van der Waals surface area contributed by atoms with Crippen molar-refractivity contribution < 1.29 is 0 Å². The van der Waals surface area contributed by atoms with Crippen molar-refractivity contribution in [2.24, 2.45) is 0 Å². The molecule has 0 aliphatic carbocycles. The summed E-state index contributed by atoms with van der Waals surface area (Å²) in [5.41, 5.74) is 2.62. The van der Waals surface area contributed by atoms with Gasteiger partial charge in [0.25, 0.3) is 0 Å². The maximum absolute atomic E-state index is 6.12. The number of tetrazole rings is 1. The number of halogens is 1. The predicted molar refractivity (Wildman–Crippen MR) is 110 cm³/mol. The molecule has 0 bridgehead atoms. The second-order valence-electron chi connectivity index (χ2n) is 7.19. The molecule has 28 heavy (non-hydrogen) atoms. The third-order valence-corrected chi connectivity index (χ3v) is 5.60. The highest BCUT2D eigenvalue weighted by Crippen LogP contribution is 2.30. The molecule has 1 aliphatic rings. The average molecular weight is 397 g/mol. The zero-order valence-electron chi connectivity index (χ0n) is 15.8. The summed E-state index contributed by atoms with van der Waals surface area (Å²) < 4.78 is 0. The Labute approximate surface area is 170 Å². The maximum atomic E-state index is 6.12. The number of H-pyrrole nitrogens is 1. The maximum Gasteiger partial charge on any atom is 0.148 e. The first kappa shape index (κ1) is 19.1. The standard InChI is InChI=1S/C21H25ClN6/c22-19-10-8-18(9-11-19)21(17-5-2-1-3-6-17)28-15-13-27(14-16-28)12-4-7-20-23-25-26-24-20/h1-3,5-6,8-11,21H,4,7,12-16H2,(H,23,24,25,26). The Hall–Kier alpha value is -2.28. The Morgan fingerprint density at radius 2 is 1.64 bits per heavy atom. The van der Waals surface area contributed by atoms with Gasteiger partial charge in [-0.05, 0) is 46.7 Å². The Bertz CT molecular complexity index is 829. The largest absolute Gasteiger partial charge is 0.301 e. The van der Waals surface area contributed by atoms with Gasteiger partial charge in [0.1, 0.15) is 5.82 Å². The van der Waals surface area contributed by atoms with E-state index in [0.717, 1.165) is 56.4 Å². The van der Waals surface area contributed by atoms with E-state index in [9.17, 15) is 0 Å². The second-order valence-corrected chi connectivity index (χ2v) is 7.63. The number of aryl methyl sites for hydroxylation is 1. The highest BCUT2D eigenvalue weighted by atomic mass is 35.5. The van der Waals surface area contributed by atoms with Crippen LogP contribution in [0.25, 0.3) is 0 Å². The van der Waals surface area contributed by atoms with Gasteiger partial charge >= 0.3 is 0 Å². The van der Waals surface area contributed by atoms with Crippen molar-refractivity contribution in [3.8, 4) is 0 Å². The van der Waals surface area contributed by atoms with Gasteiger partial charge in [-0.1, -0.05) is 54.1 Å². The average Bonchev–Trinajstić information content (AvgIpc) is 3.25. The zero-order valence-corrected chi connectivity index (χ0v) is 16.6. The topological polar surface area (TPSA) is 60.9 Å². The van der Waals surface area contributed by atoms with Crippen LogP contribution in [-0.2, 0) is 6.42 Å². The number of hydrogen-bond donors (Lipinski definition) is 1. The molecule has 1 saturated heterocycles. The molecular weight excluding hydrogens is 372 g/mol. The van der Waals surface area contributed by atoms with Crippen molar-refractivity contribution >= 4 is 11.6 Å². The highest BCUT2D eigenvalue weighted by molar-refractivity contribution is 6.30. The van der Waals surface area contributed by atoms with Crippen LogP contribution < -0.4 is 0 Å². The van der Waals surface area contributed by atoms with Crippen molar-refractivity contribution in [2.75, 3.05) is 32.7 Å². The summed E-state index contributed by atoms with van der Waals surface area (Å²) in [5.74, 6) is 0.866. The molecule has 3 aromatic rings. The van der Waals surface area contributed by atoms with Crippen LogP contribution in [-0.4, -0.2) is 63.1 Å². The number of nitrogens with one attached hydrogen (secondary N) is 1. The van der Waals surface area contributed by atoms with Gasteiger partial charge in [0, 0.05) is 37.6 Å². The molecule has 4 rings (SSSR count). The molecule has 146 valence electrons. The molecule has 7 heteroatoms. The number of aromatic amines is 1. The number of rotatable bonds is 7. The lowest BCUT2D eigenvalue weighted by Gasteiger charge is -2.39. The fraction of sp³-hybridized carbons (Fsp3) is 0.381. The molecule has 0 spiro atoms.